The molecule has 25 heavy (non-hydrogen) atoms. The number of aryl methyl sites for hydroxylation is 2. The standard InChI is InChI=1S/C18H19NO5S/c1-5-25(23)13-9-7-6-8-12(13)16-14(17(20)21)10(2)19-11(3)15(16)18(22)24-4/h6-9H,5H2,1-4H3,(H,20,21). The molecule has 0 aliphatic heterocycles. The van der Waals surface area contributed by atoms with E-state index in [1.807, 2.05) is 0 Å². The molecule has 0 spiro atoms. The van der Waals surface area contributed by atoms with E-state index >= 15 is 0 Å². The van der Waals surface area contributed by atoms with Gasteiger partial charge in [0.05, 0.1) is 29.6 Å². The minimum atomic E-state index is -1.33. The summed E-state index contributed by atoms with van der Waals surface area (Å²) in [5.41, 5.74) is 1.26. The van der Waals surface area contributed by atoms with E-state index in [9.17, 15) is 19.2 Å². The fraction of sp³-hybridized carbons (Fsp3) is 0.278. The number of rotatable bonds is 5. The van der Waals surface area contributed by atoms with E-state index in [4.69, 9.17) is 4.74 Å². The second-order valence-electron chi connectivity index (χ2n) is 5.33. The summed E-state index contributed by atoms with van der Waals surface area (Å²) >= 11 is -1.33. The van der Waals surface area contributed by atoms with Crippen molar-refractivity contribution >= 4 is 23.1 Å². The van der Waals surface area contributed by atoms with Gasteiger partial charge in [0.25, 0.3) is 0 Å². The number of carboxylic acid groups (broad SMARTS) is 1. The minimum Gasteiger partial charge on any atom is -0.611 e. The fourth-order valence-electron chi connectivity index (χ4n) is 2.76. The molecule has 0 saturated heterocycles. The average Bonchev–Trinajstić information content (AvgIpc) is 2.59. The number of carboxylic acids is 1. The first-order chi connectivity index (χ1) is 11.8. The van der Waals surface area contributed by atoms with Crippen molar-refractivity contribution in [3.63, 3.8) is 0 Å². The van der Waals surface area contributed by atoms with Gasteiger partial charge < -0.3 is 14.4 Å². The summed E-state index contributed by atoms with van der Waals surface area (Å²) in [5, 5.41) is 9.70. The minimum absolute atomic E-state index is 0.0750. The van der Waals surface area contributed by atoms with E-state index in [0.29, 0.717) is 21.9 Å². The van der Waals surface area contributed by atoms with Gasteiger partial charge in [0.15, 0.2) is 4.90 Å². The predicted molar refractivity (Wildman–Crippen MR) is 94.4 cm³/mol. The van der Waals surface area contributed by atoms with Crippen molar-refractivity contribution in [1.82, 2.24) is 4.98 Å². The van der Waals surface area contributed by atoms with E-state index < -0.39 is 23.1 Å². The number of nitrogens with zero attached hydrogens (tertiary/aromatic N) is 1. The molecule has 1 aromatic carbocycles. The lowest BCUT2D eigenvalue weighted by Gasteiger charge is -2.18. The molecule has 6 nitrogen and oxygen atoms in total. The maximum absolute atomic E-state index is 12.4. The van der Waals surface area contributed by atoms with Gasteiger partial charge in [-0.15, -0.1) is 0 Å². The Hall–Kier alpha value is -2.38. The maximum atomic E-state index is 12.4. The number of hydrogen-bond donors (Lipinski definition) is 1. The number of pyridine rings is 1. The highest BCUT2D eigenvalue weighted by Crippen LogP contribution is 2.36. The lowest BCUT2D eigenvalue weighted by Crippen LogP contribution is -2.16. The molecule has 0 radical (unpaired) electrons. The molecule has 1 N–H and O–H groups in total. The first-order valence-electron chi connectivity index (χ1n) is 7.64. The Kier molecular flexibility index (Phi) is 5.81. The molecular formula is C18H19NO5S. The summed E-state index contributed by atoms with van der Waals surface area (Å²) in [5.74, 6) is -1.52. The first kappa shape index (κ1) is 19.0. The van der Waals surface area contributed by atoms with Crippen LogP contribution >= 0.6 is 0 Å². The zero-order chi connectivity index (χ0) is 18.7. The number of carbonyl (C=O) groups excluding carboxylic acids is 1. The summed E-state index contributed by atoms with van der Waals surface area (Å²) in [7, 11) is 1.22. The van der Waals surface area contributed by atoms with Crippen LogP contribution in [0.1, 0.15) is 39.0 Å². The molecule has 0 aliphatic rings. The van der Waals surface area contributed by atoms with Crippen LogP contribution in [0, 0.1) is 13.8 Å². The number of esters is 1. The quantitative estimate of drug-likeness (QED) is 0.649. The summed E-state index contributed by atoms with van der Waals surface area (Å²) < 4.78 is 17.3. The fourth-order valence-corrected chi connectivity index (χ4v) is 3.72. The number of methoxy groups -OCH3 is 1. The van der Waals surface area contributed by atoms with Crippen LogP contribution in [0.5, 0.6) is 0 Å². The number of aromatic carboxylic acids is 1. The average molecular weight is 361 g/mol. The largest absolute Gasteiger partial charge is 0.611 e. The Morgan fingerprint density at radius 1 is 1.20 bits per heavy atom. The van der Waals surface area contributed by atoms with Crippen molar-refractivity contribution < 1.29 is 24.0 Å². The monoisotopic (exact) mass is 361 g/mol. The van der Waals surface area contributed by atoms with Gasteiger partial charge in [-0.1, -0.05) is 12.1 Å². The van der Waals surface area contributed by atoms with Gasteiger partial charge in [-0.3, -0.25) is 4.98 Å². The van der Waals surface area contributed by atoms with Crippen LogP contribution in [0.15, 0.2) is 29.2 Å². The highest BCUT2D eigenvalue weighted by Gasteiger charge is 2.29. The molecule has 0 amide bonds. The van der Waals surface area contributed by atoms with Crippen molar-refractivity contribution in [3.05, 3.63) is 46.8 Å². The Morgan fingerprint density at radius 2 is 1.80 bits per heavy atom. The molecule has 1 heterocycles. The second-order valence-corrected chi connectivity index (χ2v) is 7.04. The van der Waals surface area contributed by atoms with Crippen LogP contribution in [0.3, 0.4) is 0 Å². The zero-order valence-corrected chi connectivity index (χ0v) is 15.3. The van der Waals surface area contributed by atoms with E-state index in [1.165, 1.54) is 7.11 Å². The number of ether oxygens (including phenoxy) is 1. The molecule has 2 rings (SSSR count). The molecule has 2 aromatic rings. The molecular weight excluding hydrogens is 342 g/mol. The first-order valence-corrected chi connectivity index (χ1v) is 8.95. The summed E-state index contributed by atoms with van der Waals surface area (Å²) in [4.78, 5) is 28.9. The number of aromatic nitrogens is 1. The van der Waals surface area contributed by atoms with Crippen molar-refractivity contribution in [2.24, 2.45) is 0 Å². The molecule has 0 bridgehead atoms. The summed E-state index contributed by atoms with van der Waals surface area (Å²) in [6.45, 7) is 4.96. The van der Waals surface area contributed by atoms with Gasteiger partial charge >= 0.3 is 11.9 Å². The summed E-state index contributed by atoms with van der Waals surface area (Å²) in [6, 6.07) is 6.78. The van der Waals surface area contributed by atoms with Gasteiger partial charge in [-0.2, -0.15) is 0 Å². The topological polar surface area (TPSA) is 99.5 Å². The third-order valence-electron chi connectivity index (χ3n) is 3.83. The van der Waals surface area contributed by atoms with E-state index in [2.05, 4.69) is 4.98 Å². The molecule has 132 valence electrons. The zero-order valence-electron chi connectivity index (χ0n) is 14.5. The van der Waals surface area contributed by atoms with Gasteiger partial charge in [-0.25, -0.2) is 9.59 Å². The van der Waals surface area contributed by atoms with Crippen molar-refractivity contribution in [2.45, 2.75) is 25.7 Å². The van der Waals surface area contributed by atoms with E-state index in [-0.39, 0.29) is 22.4 Å². The molecule has 1 aromatic heterocycles. The molecule has 0 aliphatic carbocycles. The Bertz CT molecular complexity index is 834. The Labute approximate surface area is 149 Å². The molecule has 0 saturated carbocycles. The van der Waals surface area contributed by atoms with Gasteiger partial charge in [0, 0.05) is 11.1 Å². The van der Waals surface area contributed by atoms with Gasteiger partial charge in [-0.05, 0) is 44.1 Å². The van der Waals surface area contributed by atoms with E-state index in [0.717, 1.165) is 0 Å². The SMILES string of the molecule is CC[S+]([O-])c1ccccc1-c1c(C(=O)O)c(C)nc(C)c1C(=O)OC. The lowest BCUT2D eigenvalue weighted by molar-refractivity contribution is 0.0600. The molecule has 1 atom stereocenters. The van der Waals surface area contributed by atoms with Crippen molar-refractivity contribution in [1.29, 1.82) is 0 Å². The highest BCUT2D eigenvalue weighted by atomic mass is 32.2. The smallest absolute Gasteiger partial charge is 0.340 e. The normalized spacial score (nSPS) is 11.9. The highest BCUT2D eigenvalue weighted by molar-refractivity contribution is 7.91. The van der Waals surface area contributed by atoms with Crippen molar-refractivity contribution in [3.8, 4) is 11.1 Å². The summed E-state index contributed by atoms with van der Waals surface area (Å²) in [6.07, 6.45) is 0. The molecule has 7 heteroatoms. The second kappa shape index (κ2) is 7.67. The van der Waals surface area contributed by atoms with Crippen LogP contribution in [0.4, 0.5) is 0 Å². The Balaban J connectivity index is 2.98. The predicted octanol–water partition coefficient (Wildman–Crippen LogP) is 2.98. The van der Waals surface area contributed by atoms with E-state index in [1.54, 1.807) is 45.0 Å². The van der Waals surface area contributed by atoms with Gasteiger partial charge in [0.2, 0.25) is 0 Å². The number of benzene rings is 1. The molecule has 0 fully saturated rings. The van der Waals surface area contributed by atoms with Crippen LogP contribution in [-0.4, -0.2) is 39.4 Å². The number of hydrogen-bond acceptors (Lipinski definition) is 5. The maximum Gasteiger partial charge on any atom is 0.340 e. The molecule has 1 unspecified atom stereocenters. The number of carbonyl (C=O) groups is 2. The Morgan fingerprint density at radius 3 is 2.36 bits per heavy atom. The van der Waals surface area contributed by atoms with Crippen LogP contribution < -0.4 is 0 Å². The van der Waals surface area contributed by atoms with Crippen LogP contribution in [0.25, 0.3) is 11.1 Å². The third-order valence-corrected chi connectivity index (χ3v) is 5.20. The van der Waals surface area contributed by atoms with Crippen LogP contribution in [0.2, 0.25) is 0 Å². The third kappa shape index (κ3) is 3.52. The lowest BCUT2D eigenvalue weighted by atomic mass is 9.92. The van der Waals surface area contributed by atoms with Gasteiger partial charge in [0.1, 0.15) is 5.75 Å². The van der Waals surface area contributed by atoms with Crippen LogP contribution in [-0.2, 0) is 15.9 Å². The van der Waals surface area contributed by atoms with Crippen molar-refractivity contribution in [2.75, 3.05) is 12.9 Å².